The van der Waals surface area contributed by atoms with E-state index in [1.807, 2.05) is 84.9 Å². The Hall–Kier alpha value is -11.4. The van der Waals surface area contributed by atoms with Gasteiger partial charge in [0.15, 0.2) is 17.3 Å². The summed E-state index contributed by atoms with van der Waals surface area (Å²) in [6, 6.07) is 99.8. The van der Waals surface area contributed by atoms with Crippen molar-refractivity contribution in [1.82, 2.24) is 19.9 Å². The molecule has 2 unspecified atom stereocenters. The van der Waals surface area contributed by atoms with E-state index in [1.54, 1.807) is 0 Å². The number of nitriles is 1. The van der Waals surface area contributed by atoms with Crippen molar-refractivity contribution < 1.29 is 0 Å². The van der Waals surface area contributed by atoms with E-state index in [-0.39, 0.29) is 11.8 Å². The van der Waals surface area contributed by atoms with Crippen LogP contribution in [0.2, 0.25) is 0 Å². The van der Waals surface area contributed by atoms with E-state index in [9.17, 15) is 5.26 Å². The van der Waals surface area contributed by atoms with Gasteiger partial charge in [0.1, 0.15) is 0 Å². The van der Waals surface area contributed by atoms with Crippen molar-refractivity contribution in [1.29, 1.82) is 5.26 Å². The molecule has 0 spiro atoms. The van der Waals surface area contributed by atoms with Crippen molar-refractivity contribution in [2.75, 3.05) is 0 Å². The largest absolute Gasteiger partial charge is 0.238 e. The lowest BCUT2D eigenvalue weighted by molar-refractivity contribution is 0.755. The second-order valence-corrected chi connectivity index (χ2v) is 21.5. The Labute approximate surface area is 487 Å². The average molecular weight is 1070 g/mol. The van der Waals surface area contributed by atoms with Gasteiger partial charge in [-0.15, -0.1) is 0 Å². The van der Waals surface area contributed by atoms with Crippen LogP contribution in [0.1, 0.15) is 50.8 Å². The molecule has 0 amide bonds. The number of benzene rings is 11. The summed E-state index contributed by atoms with van der Waals surface area (Å²) in [7, 11) is 0. The molecule has 0 N–H and O–H groups in total. The third-order valence-corrected chi connectivity index (χ3v) is 16.6. The van der Waals surface area contributed by atoms with E-state index < -0.39 is 0 Å². The zero-order valence-corrected chi connectivity index (χ0v) is 45.4. The molecular weight excluding hydrogens is 1020 g/mol. The molecule has 0 saturated carbocycles. The Morgan fingerprint density at radius 2 is 0.595 bits per heavy atom. The standard InChI is InChI=1S/C78H48N6/c1-80-64-38-34-53(35-39-64)59-17-11-19-63(43-59)74-47-72(82-78(84-74)57-14-6-3-7-15-57)55-32-28-52(29-33-55)61-37-41-68-70(45-61)76-66-21-9-8-20-65(66)75(68)69-44-60(36-40-67(69)76)51-26-30-54(31-27-51)71-46-73(83-77(81-71)56-12-4-2-5-13-56)62-18-10-16-58(42-62)50-24-22-49(48-79)23-25-50/h2-47,75-76H. The van der Waals surface area contributed by atoms with Gasteiger partial charge < -0.3 is 0 Å². The molecule has 2 atom stereocenters. The molecule has 11 aromatic carbocycles. The van der Waals surface area contributed by atoms with E-state index >= 15 is 0 Å². The summed E-state index contributed by atoms with van der Waals surface area (Å²) in [5, 5.41) is 9.39. The van der Waals surface area contributed by atoms with Crippen molar-refractivity contribution in [3.63, 3.8) is 0 Å². The van der Waals surface area contributed by atoms with E-state index in [1.165, 1.54) is 44.5 Å². The lowest BCUT2D eigenvalue weighted by Crippen LogP contribution is -2.27. The summed E-state index contributed by atoms with van der Waals surface area (Å²) in [5.74, 6) is 1.55. The number of hydrogen-bond donors (Lipinski definition) is 0. The molecule has 2 heterocycles. The molecule has 2 bridgehead atoms. The van der Waals surface area contributed by atoms with Gasteiger partial charge in [0.2, 0.25) is 0 Å². The SMILES string of the molecule is [C-]#[N+]c1ccc(-c2cccc(-c3cc(-c4ccc(-c5ccc6c(c5)C5c7ccccc7C6c6cc(-c7ccc(-c8cc(-c9cccc(-c%10ccc(C#N)cc%10)c9)nc(-c9ccccc9)n8)cc7)ccc65)cc4)nc(-c4ccccc4)n3)c2)cc1. The molecule has 0 fully saturated rings. The smallest absolute Gasteiger partial charge is 0.187 e. The number of nitrogens with zero attached hydrogens (tertiary/aromatic N) is 6. The third kappa shape index (κ3) is 9.11. The number of hydrogen-bond acceptors (Lipinski definition) is 5. The van der Waals surface area contributed by atoms with Gasteiger partial charge in [-0.1, -0.05) is 231 Å². The van der Waals surface area contributed by atoms with Gasteiger partial charge in [-0.3, -0.25) is 0 Å². The summed E-state index contributed by atoms with van der Waals surface area (Å²) in [5.41, 5.74) is 27.6. The van der Waals surface area contributed by atoms with E-state index in [0.717, 1.165) is 89.5 Å². The Bertz CT molecular complexity index is 4460. The van der Waals surface area contributed by atoms with Crippen molar-refractivity contribution in [3.8, 4) is 118 Å². The van der Waals surface area contributed by atoms with Crippen molar-refractivity contribution in [2.24, 2.45) is 0 Å². The van der Waals surface area contributed by atoms with Crippen LogP contribution in [0.3, 0.4) is 0 Å². The normalized spacial score (nSPS) is 13.5. The minimum absolute atomic E-state index is 0.106. The molecule has 6 heteroatoms. The molecule has 390 valence electrons. The summed E-state index contributed by atoms with van der Waals surface area (Å²) in [6.07, 6.45) is 0. The van der Waals surface area contributed by atoms with Gasteiger partial charge >= 0.3 is 0 Å². The van der Waals surface area contributed by atoms with Crippen LogP contribution < -0.4 is 0 Å². The second-order valence-electron chi connectivity index (χ2n) is 21.5. The molecule has 0 aliphatic heterocycles. The van der Waals surface area contributed by atoms with Gasteiger partial charge in [0, 0.05) is 45.2 Å². The Kier molecular flexibility index (Phi) is 12.3. The fourth-order valence-electron chi connectivity index (χ4n) is 12.3. The average Bonchev–Trinajstić information content (AvgIpc) is 1.88. The van der Waals surface area contributed by atoms with Gasteiger partial charge in [-0.2, -0.15) is 5.26 Å². The molecule has 3 aliphatic rings. The van der Waals surface area contributed by atoms with Crippen LogP contribution in [0.15, 0.2) is 279 Å². The maximum absolute atomic E-state index is 9.39. The van der Waals surface area contributed by atoms with Crippen molar-refractivity contribution in [2.45, 2.75) is 11.8 Å². The van der Waals surface area contributed by atoms with E-state index in [4.69, 9.17) is 26.5 Å². The molecule has 2 aromatic heterocycles. The zero-order chi connectivity index (χ0) is 56.1. The molecule has 0 radical (unpaired) electrons. The first-order chi connectivity index (χ1) is 41.5. The van der Waals surface area contributed by atoms with Crippen LogP contribution in [0.5, 0.6) is 0 Å². The van der Waals surface area contributed by atoms with Crippen molar-refractivity contribution >= 4 is 5.69 Å². The van der Waals surface area contributed by atoms with E-state index in [2.05, 4.69) is 205 Å². The Morgan fingerprint density at radius 3 is 1.01 bits per heavy atom. The monoisotopic (exact) mass is 1070 g/mol. The summed E-state index contributed by atoms with van der Waals surface area (Å²) in [6.45, 7) is 7.40. The Balaban J connectivity index is 0.730. The fourth-order valence-corrected chi connectivity index (χ4v) is 12.3. The maximum atomic E-state index is 9.39. The number of aromatic nitrogens is 4. The number of rotatable bonds is 10. The highest BCUT2D eigenvalue weighted by atomic mass is 14.9. The highest BCUT2D eigenvalue weighted by molar-refractivity contribution is 5.82. The van der Waals surface area contributed by atoms with Crippen LogP contribution in [-0.2, 0) is 0 Å². The first-order valence-corrected chi connectivity index (χ1v) is 28.1. The minimum atomic E-state index is 0.106. The zero-order valence-electron chi connectivity index (χ0n) is 45.4. The van der Waals surface area contributed by atoms with E-state index in [0.29, 0.717) is 22.9 Å². The second kappa shape index (κ2) is 20.9. The molecule has 16 rings (SSSR count). The summed E-state index contributed by atoms with van der Waals surface area (Å²) >= 11 is 0. The topological polar surface area (TPSA) is 79.7 Å². The van der Waals surface area contributed by atoms with Gasteiger partial charge in [-0.05, 0) is 126 Å². The molecule has 0 saturated heterocycles. The molecule has 3 aliphatic carbocycles. The third-order valence-electron chi connectivity index (χ3n) is 16.6. The van der Waals surface area contributed by atoms with Crippen LogP contribution >= 0.6 is 0 Å². The summed E-state index contributed by atoms with van der Waals surface area (Å²) < 4.78 is 0. The first-order valence-electron chi connectivity index (χ1n) is 28.1. The highest BCUT2D eigenvalue weighted by Gasteiger charge is 2.41. The molecule has 84 heavy (non-hydrogen) atoms. The minimum Gasteiger partial charge on any atom is -0.238 e. The predicted molar refractivity (Wildman–Crippen MR) is 338 cm³/mol. The van der Waals surface area contributed by atoms with Gasteiger partial charge in [0.05, 0.1) is 41.0 Å². The van der Waals surface area contributed by atoms with Crippen LogP contribution in [0.4, 0.5) is 5.69 Å². The fraction of sp³-hybridized carbons (Fsp3) is 0.0256. The van der Waals surface area contributed by atoms with Crippen LogP contribution in [0.25, 0.3) is 117 Å². The van der Waals surface area contributed by atoms with Crippen LogP contribution in [-0.4, -0.2) is 19.9 Å². The van der Waals surface area contributed by atoms with Gasteiger partial charge in [-0.25, -0.2) is 24.8 Å². The molecule has 13 aromatic rings. The van der Waals surface area contributed by atoms with Crippen molar-refractivity contribution in [3.05, 3.63) is 329 Å². The first kappa shape index (κ1) is 49.6. The lowest BCUT2D eigenvalue weighted by atomic mass is 9.60. The summed E-state index contributed by atoms with van der Waals surface area (Å²) in [4.78, 5) is 24.1. The highest BCUT2D eigenvalue weighted by Crippen LogP contribution is 2.57. The molecular formula is C78H48N6. The maximum Gasteiger partial charge on any atom is 0.187 e. The Morgan fingerprint density at radius 1 is 0.274 bits per heavy atom. The van der Waals surface area contributed by atoms with Crippen LogP contribution in [0, 0.1) is 17.9 Å². The lowest BCUT2D eigenvalue weighted by Gasteiger charge is -2.42. The molecule has 6 nitrogen and oxygen atoms in total. The van der Waals surface area contributed by atoms with Gasteiger partial charge in [0.25, 0.3) is 0 Å². The quantitative estimate of drug-likeness (QED) is 0.128. The predicted octanol–water partition coefficient (Wildman–Crippen LogP) is 19.3.